The van der Waals surface area contributed by atoms with E-state index in [1.807, 2.05) is 19.1 Å². The second-order valence-electron chi connectivity index (χ2n) is 7.37. The Labute approximate surface area is 178 Å². The van der Waals surface area contributed by atoms with E-state index in [1.165, 1.54) is 0 Å². The summed E-state index contributed by atoms with van der Waals surface area (Å²) in [6, 6.07) is 8.74. The number of aromatic hydroxyl groups is 1. The molecule has 2 aromatic heterocycles. The highest BCUT2D eigenvalue weighted by Crippen LogP contribution is 2.34. The van der Waals surface area contributed by atoms with Crippen LogP contribution < -0.4 is 0 Å². The number of halogens is 2. The number of aryl methyl sites for hydroxylation is 3. The van der Waals surface area contributed by atoms with E-state index >= 15 is 0 Å². The number of fused-ring (bicyclic) bond motifs is 1. The van der Waals surface area contributed by atoms with Crippen molar-refractivity contribution in [1.29, 1.82) is 0 Å². The van der Waals surface area contributed by atoms with Crippen LogP contribution >= 0.6 is 23.2 Å². The molecule has 29 heavy (non-hydrogen) atoms. The summed E-state index contributed by atoms with van der Waals surface area (Å²) in [5.41, 5.74) is 3.76. The molecule has 0 amide bonds. The molecule has 5 nitrogen and oxygen atoms in total. The first-order valence-corrected chi connectivity index (χ1v) is 10.1. The highest BCUT2D eigenvalue weighted by molar-refractivity contribution is 6.36. The Balaban J connectivity index is 1.65. The lowest BCUT2D eigenvalue weighted by Crippen LogP contribution is -1.98. The van der Waals surface area contributed by atoms with E-state index in [1.54, 1.807) is 18.2 Å². The highest BCUT2D eigenvalue weighted by Gasteiger charge is 2.20. The molecular formula is C22H20Cl2N2O3. The van der Waals surface area contributed by atoms with Gasteiger partial charge in [0.15, 0.2) is 5.58 Å². The number of rotatable bonds is 5. The zero-order valence-corrected chi connectivity index (χ0v) is 17.8. The predicted octanol–water partition coefficient (Wildman–Crippen LogP) is 6.71. The minimum Gasteiger partial charge on any atom is -0.508 e. The summed E-state index contributed by atoms with van der Waals surface area (Å²) in [6.07, 6.45) is 1.28. The molecule has 0 unspecified atom stereocenters. The lowest BCUT2D eigenvalue weighted by Gasteiger charge is -2.03. The van der Waals surface area contributed by atoms with E-state index in [2.05, 4.69) is 19.0 Å². The van der Waals surface area contributed by atoms with Crippen molar-refractivity contribution in [2.45, 2.75) is 39.5 Å². The van der Waals surface area contributed by atoms with E-state index in [9.17, 15) is 5.11 Å². The monoisotopic (exact) mass is 430 g/mol. The molecule has 0 bridgehead atoms. The van der Waals surface area contributed by atoms with E-state index in [-0.39, 0.29) is 11.7 Å². The summed E-state index contributed by atoms with van der Waals surface area (Å²) in [5, 5.41) is 16.0. The van der Waals surface area contributed by atoms with Crippen molar-refractivity contribution in [1.82, 2.24) is 10.1 Å². The maximum Gasteiger partial charge on any atom is 0.228 e. The molecule has 4 rings (SSSR count). The van der Waals surface area contributed by atoms with E-state index in [0.717, 1.165) is 28.1 Å². The van der Waals surface area contributed by atoms with Crippen LogP contribution in [0.3, 0.4) is 0 Å². The van der Waals surface area contributed by atoms with Gasteiger partial charge >= 0.3 is 0 Å². The van der Waals surface area contributed by atoms with Gasteiger partial charge in [0.05, 0.1) is 22.0 Å². The third-order valence-corrected chi connectivity index (χ3v) is 5.42. The highest BCUT2D eigenvalue weighted by atomic mass is 35.5. The summed E-state index contributed by atoms with van der Waals surface area (Å²) in [7, 11) is 0. The van der Waals surface area contributed by atoms with Gasteiger partial charge in [-0.3, -0.25) is 0 Å². The fraction of sp³-hybridized carbons (Fsp3) is 0.273. The maximum atomic E-state index is 9.85. The Morgan fingerprint density at radius 3 is 2.55 bits per heavy atom. The first-order chi connectivity index (χ1) is 13.8. The van der Waals surface area contributed by atoms with Gasteiger partial charge in [-0.25, -0.2) is 4.98 Å². The van der Waals surface area contributed by atoms with Gasteiger partial charge in [-0.15, -0.1) is 0 Å². The standard InChI is InChI=1S/C22H20Cl2N2O3/c1-11(2)21-18(25-22(28-21)14-5-4-13(23)9-16(14)24)7-6-17-15-8-12(3)19(27)10-20(15)29-26-17/h4-5,8-11,27H,6-7H2,1-3H3. The number of oxazole rings is 1. The summed E-state index contributed by atoms with van der Waals surface area (Å²) >= 11 is 12.3. The minimum absolute atomic E-state index is 0.172. The van der Waals surface area contributed by atoms with Crippen molar-refractivity contribution in [3.63, 3.8) is 0 Å². The van der Waals surface area contributed by atoms with Gasteiger partial charge in [-0.05, 0) is 49.6 Å². The molecule has 2 aromatic carbocycles. The minimum atomic E-state index is 0.172. The van der Waals surface area contributed by atoms with Crippen LogP contribution in [0, 0.1) is 6.92 Å². The number of phenols is 1. The molecule has 7 heteroatoms. The van der Waals surface area contributed by atoms with Crippen LogP contribution in [-0.4, -0.2) is 15.2 Å². The number of hydrogen-bond acceptors (Lipinski definition) is 5. The number of benzene rings is 2. The summed E-state index contributed by atoms with van der Waals surface area (Å²) < 4.78 is 11.4. The van der Waals surface area contributed by atoms with Crippen LogP contribution in [0.15, 0.2) is 39.3 Å². The molecular weight excluding hydrogens is 411 g/mol. The van der Waals surface area contributed by atoms with Crippen molar-refractivity contribution in [3.8, 4) is 17.2 Å². The lowest BCUT2D eigenvalue weighted by molar-refractivity contribution is 0.439. The Kier molecular flexibility index (Phi) is 5.28. The van der Waals surface area contributed by atoms with Gasteiger partial charge in [0.25, 0.3) is 0 Å². The SMILES string of the molecule is Cc1cc2c(CCc3nc(-c4ccc(Cl)cc4Cl)oc3C(C)C)noc2cc1O. The molecule has 4 aromatic rings. The van der Waals surface area contributed by atoms with Crippen LogP contribution in [0.5, 0.6) is 5.75 Å². The molecule has 0 aliphatic rings. The molecule has 0 radical (unpaired) electrons. The van der Waals surface area contributed by atoms with Crippen LogP contribution in [0.4, 0.5) is 0 Å². The Morgan fingerprint density at radius 2 is 1.83 bits per heavy atom. The first kappa shape index (κ1) is 19.8. The second-order valence-corrected chi connectivity index (χ2v) is 8.22. The van der Waals surface area contributed by atoms with Crippen LogP contribution in [-0.2, 0) is 12.8 Å². The van der Waals surface area contributed by atoms with E-state index in [4.69, 9.17) is 37.1 Å². The summed E-state index contributed by atoms with van der Waals surface area (Å²) in [5.74, 6) is 1.68. The molecule has 0 spiro atoms. The lowest BCUT2D eigenvalue weighted by atomic mass is 10.0. The molecule has 150 valence electrons. The smallest absolute Gasteiger partial charge is 0.228 e. The zero-order chi connectivity index (χ0) is 20.7. The fourth-order valence-corrected chi connectivity index (χ4v) is 3.81. The molecule has 0 saturated carbocycles. The average Bonchev–Trinajstić information content (AvgIpc) is 3.25. The van der Waals surface area contributed by atoms with Gasteiger partial charge in [0, 0.05) is 22.4 Å². The van der Waals surface area contributed by atoms with Crippen molar-refractivity contribution in [2.75, 3.05) is 0 Å². The zero-order valence-electron chi connectivity index (χ0n) is 16.3. The molecule has 2 heterocycles. The third kappa shape index (κ3) is 3.85. The number of phenolic OH excluding ortho intramolecular Hbond substituents is 1. The summed E-state index contributed by atoms with van der Waals surface area (Å²) in [4.78, 5) is 4.71. The topological polar surface area (TPSA) is 72.3 Å². The van der Waals surface area contributed by atoms with E-state index in [0.29, 0.717) is 39.9 Å². The molecule has 0 fully saturated rings. The molecule has 0 atom stereocenters. The van der Waals surface area contributed by atoms with Gasteiger partial charge in [-0.1, -0.05) is 42.2 Å². The van der Waals surface area contributed by atoms with Crippen molar-refractivity contribution in [3.05, 3.63) is 63.1 Å². The maximum absolute atomic E-state index is 9.85. The predicted molar refractivity (Wildman–Crippen MR) is 114 cm³/mol. The van der Waals surface area contributed by atoms with Gasteiger partial charge in [0.1, 0.15) is 11.5 Å². The number of hydrogen-bond donors (Lipinski definition) is 1. The van der Waals surface area contributed by atoms with Gasteiger partial charge < -0.3 is 14.0 Å². The normalized spacial score (nSPS) is 11.7. The average molecular weight is 431 g/mol. The quantitative estimate of drug-likeness (QED) is 0.380. The number of aromatic nitrogens is 2. The first-order valence-electron chi connectivity index (χ1n) is 9.36. The fourth-order valence-electron chi connectivity index (χ4n) is 3.32. The largest absolute Gasteiger partial charge is 0.508 e. The Morgan fingerprint density at radius 1 is 1.07 bits per heavy atom. The molecule has 0 aliphatic carbocycles. The summed E-state index contributed by atoms with van der Waals surface area (Å²) in [6.45, 7) is 5.98. The van der Waals surface area contributed by atoms with Crippen molar-refractivity contribution < 1.29 is 14.0 Å². The molecule has 0 aliphatic heterocycles. The third-order valence-electron chi connectivity index (χ3n) is 4.88. The van der Waals surface area contributed by atoms with Crippen LogP contribution in [0.2, 0.25) is 10.0 Å². The molecule has 1 N–H and O–H groups in total. The van der Waals surface area contributed by atoms with Crippen LogP contribution in [0.25, 0.3) is 22.4 Å². The second kappa shape index (κ2) is 7.73. The van der Waals surface area contributed by atoms with E-state index < -0.39 is 0 Å². The van der Waals surface area contributed by atoms with Crippen molar-refractivity contribution >= 4 is 34.2 Å². The van der Waals surface area contributed by atoms with Gasteiger partial charge in [-0.2, -0.15) is 0 Å². The van der Waals surface area contributed by atoms with Crippen molar-refractivity contribution in [2.24, 2.45) is 0 Å². The molecule has 0 saturated heterocycles. The van der Waals surface area contributed by atoms with Gasteiger partial charge in [0.2, 0.25) is 5.89 Å². The Bertz CT molecular complexity index is 1190. The van der Waals surface area contributed by atoms with Crippen LogP contribution in [0.1, 0.15) is 42.5 Å². The Hall–Kier alpha value is -2.50. The number of nitrogens with zero attached hydrogens (tertiary/aromatic N) is 2.